The minimum Gasteiger partial charge on any atom is -0.479 e. The number of amides is 3. The summed E-state index contributed by atoms with van der Waals surface area (Å²) in [6.45, 7) is 3.38. The van der Waals surface area contributed by atoms with Crippen molar-refractivity contribution < 1.29 is 126 Å². The molecule has 0 radical (unpaired) electrons. The van der Waals surface area contributed by atoms with Crippen LogP contribution in [-0.2, 0) is 84.6 Å². The molecule has 0 aromatic heterocycles. The first-order valence-corrected chi connectivity index (χ1v) is 25.0. The average Bonchev–Trinajstić information content (AvgIpc) is 3.45. The molecule has 2 fully saturated rings. The second kappa shape index (κ2) is 35.8. The molecule has 0 spiro atoms. The molecule has 30 heteroatoms. The van der Waals surface area contributed by atoms with Gasteiger partial charge in [0, 0.05) is 40.0 Å². The van der Waals surface area contributed by atoms with Gasteiger partial charge in [-0.05, 0) is 35.4 Å². The van der Waals surface area contributed by atoms with E-state index in [4.69, 9.17) is 62.7 Å². The van der Waals surface area contributed by atoms with Crippen LogP contribution in [0.4, 0.5) is 0 Å². The van der Waals surface area contributed by atoms with E-state index in [1.807, 2.05) is 0 Å². The number of esters is 2. The molecule has 0 aliphatic carbocycles. The van der Waals surface area contributed by atoms with Crippen molar-refractivity contribution in [1.82, 2.24) is 15.5 Å². The molecule has 444 valence electrons. The fourth-order valence-corrected chi connectivity index (χ4v) is 7.14. The largest absolute Gasteiger partial charge is 0.479 e. The van der Waals surface area contributed by atoms with E-state index in [0.717, 1.165) is 0 Å². The van der Waals surface area contributed by atoms with Crippen molar-refractivity contribution in [1.29, 1.82) is 0 Å². The standard InChI is InChI=1S/C49H72N4O26/c1-29(54)73-25-31-3-5-36(77-48-42(61)39(58)35(56)27-75-48)33(23-31)45(63)51-7-11-67-15-17-69-13-9-53(38(57)28-72-20-19-71-21-22-76-50)10-14-70-18-16-68-12-8-52-46(64)34-24-32(26-74-30(2)55)4-6-37(34)78-49-43(62)40(59)41(60)44(79-49)47(65)66/h3-6,23-24,35,39-44,48-49,56,58-62H,7-22,25-28,50H2,1-2H3,(H,51,63)(H,52,64)(H,65,66)/t35-,39+,40+,41+,42-,43-,44+,48+,49-/m1/s1. The van der Waals surface area contributed by atoms with Crippen LogP contribution in [0.15, 0.2) is 36.4 Å². The topological polar surface area (TPSA) is 417 Å². The number of aliphatic hydroxyl groups is 6. The lowest BCUT2D eigenvalue weighted by Crippen LogP contribution is -2.61. The van der Waals surface area contributed by atoms with E-state index >= 15 is 0 Å². The van der Waals surface area contributed by atoms with Crippen LogP contribution in [0.25, 0.3) is 0 Å². The van der Waals surface area contributed by atoms with Gasteiger partial charge in [-0.1, -0.05) is 12.1 Å². The van der Waals surface area contributed by atoms with E-state index < -0.39 is 85.0 Å². The van der Waals surface area contributed by atoms with Crippen LogP contribution in [0.2, 0.25) is 0 Å². The highest BCUT2D eigenvalue weighted by Gasteiger charge is 2.48. The molecule has 2 heterocycles. The molecule has 2 aliphatic rings. The molecular formula is C49H72N4O26. The highest BCUT2D eigenvalue weighted by Crippen LogP contribution is 2.29. The summed E-state index contributed by atoms with van der Waals surface area (Å²) in [5.74, 6) is 0.368. The molecule has 0 bridgehead atoms. The smallest absolute Gasteiger partial charge is 0.335 e. The molecule has 2 aromatic carbocycles. The predicted octanol–water partition coefficient (Wildman–Crippen LogP) is -4.12. The monoisotopic (exact) mass is 1130 g/mol. The van der Waals surface area contributed by atoms with E-state index in [1.54, 1.807) is 0 Å². The first-order chi connectivity index (χ1) is 37.9. The van der Waals surface area contributed by atoms with E-state index in [2.05, 4.69) is 15.5 Å². The number of nitrogens with zero attached hydrogens (tertiary/aromatic N) is 1. The van der Waals surface area contributed by atoms with E-state index in [9.17, 15) is 64.5 Å². The second-order valence-electron chi connectivity index (χ2n) is 17.3. The summed E-state index contributed by atoms with van der Waals surface area (Å²) in [5, 5.41) is 75.7. The Kier molecular flexibility index (Phi) is 29.8. The Hall–Kier alpha value is -5.78. The van der Waals surface area contributed by atoms with Gasteiger partial charge in [0.1, 0.15) is 67.9 Å². The molecule has 3 amide bonds. The Balaban J connectivity index is 1.19. The van der Waals surface area contributed by atoms with Gasteiger partial charge in [-0.2, -0.15) is 0 Å². The molecule has 4 rings (SSSR count). The third-order valence-corrected chi connectivity index (χ3v) is 11.3. The van der Waals surface area contributed by atoms with E-state index in [-0.39, 0.29) is 160 Å². The molecule has 30 nitrogen and oxygen atoms in total. The maximum absolute atomic E-state index is 13.4. The van der Waals surface area contributed by atoms with Gasteiger partial charge in [-0.15, -0.1) is 0 Å². The van der Waals surface area contributed by atoms with E-state index in [1.165, 1.54) is 55.1 Å². The number of carboxylic acids is 1. The zero-order valence-corrected chi connectivity index (χ0v) is 43.7. The van der Waals surface area contributed by atoms with Gasteiger partial charge >= 0.3 is 17.9 Å². The summed E-state index contributed by atoms with van der Waals surface area (Å²) >= 11 is 0. The lowest BCUT2D eigenvalue weighted by molar-refractivity contribution is -0.271. The first kappa shape index (κ1) is 65.7. The number of carbonyl (C=O) groups is 6. The Morgan fingerprint density at radius 2 is 1.04 bits per heavy atom. The molecule has 2 aliphatic heterocycles. The van der Waals surface area contributed by atoms with Crippen LogP contribution in [0.1, 0.15) is 45.7 Å². The lowest BCUT2D eigenvalue weighted by Gasteiger charge is -2.38. The number of hydrogen-bond acceptors (Lipinski definition) is 26. The number of nitrogens with one attached hydrogen (secondary N) is 2. The molecule has 79 heavy (non-hydrogen) atoms. The zero-order chi connectivity index (χ0) is 57.7. The van der Waals surface area contributed by atoms with Gasteiger partial charge in [-0.3, -0.25) is 24.0 Å². The lowest BCUT2D eigenvalue weighted by atomic mass is 9.99. The summed E-state index contributed by atoms with van der Waals surface area (Å²) in [4.78, 5) is 80.1. The quantitative estimate of drug-likeness (QED) is 0.0175. The molecule has 0 saturated carbocycles. The van der Waals surface area contributed by atoms with Crippen LogP contribution >= 0.6 is 0 Å². The number of ether oxygens (including phenoxy) is 12. The highest BCUT2D eigenvalue weighted by molar-refractivity contribution is 5.97. The van der Waals surface area contributed by atoms with Gasteiger partial charge < -0.3 is 113 Å². The Bertz CT molecular complexity index is 2210. The van der Waals surface area contributed by atoms with Crippen molar-refractivity contribution in [2.75, 3.05) is 119 Å². The van der Waals surface area contributed by atoms with Crippen LogP contribution in [0.3, 0.4) is 0 Å². The van der Waals surface area contributed by atoms with Gasteiger partial charge in [-0.25, -0.2) is 10.7 Å². The molecule has 2 aromatic rings. The van der Waals surface area contributed by atoms with Crippen molar-refractivity contribution in [2.45, 2.75) is 82.4 Å². The summed E-state index contributed by atoms with van der Waals surface area (Å²) in [6, 6.07) is 8.45. The number of carbonyl (C=O) groups excluding carboxylic acids is 5. The summed E-state index contributed by atoms with van der Waals surface area (Å²) < 4.78 is 65.3. The Labute approximate surface area is 453 Å². The van der Waals surface area contributed by atoms with Gasteiger partial charge in [0.15, 0.2) is 6.10 Å². The summed E-state index contributed by atoms with van der Waals surface area (Å²) in [5.41, 5.74) is 0.706. The van der Waals surface area contributed by atoms with Crippen LogP contribution in [0, 0.1) is 0 Å². The van der Waals surface area contributed by atoms with Gasteiger partial charge in [0.05, 0.1) is 97.0 Å². The Morgan fingerprint density at radius 3 is 1.53 bits per heavy atom. The third kappa shape index (κ3) is 23.1. The minimum absolute atomic E-state index is 0.00431. The number of aliphatic carboxylic acids is 1. The summed E-state index contributed by atoms with van der Waals surface area (Å²) in [7, 11) is 0. The predicted molar refractivity (Wildman–Crippen MR) is 263 cm³/mol. The van der Waals surface area contributed by atoms with Crippen molar-refractivity contribution in [3.8, 4) is 11.5 Å². The number of rotatable bonds is 37. The van der Waals surface area contributed by atoms with Crippen LogP contribution in [-0.4, -0.2) is 250 Å². The number of carboxylic acid groups (broad SMARTS) is 1. The molecular weight excluding hydrogens is 1060 g/mol. The fourth-order valence-electron chi connectivity index (χ4n) is 7.14. The fraction of sp³-hybridized carbons (Fsp3) is 0.633. The SMILES string of the molecule is CC(=O)OCc1ccc(O[C@@H]2O[C@H](C(=O)O)[C@@H](O)[C@H](O)[C@H]2O)c(C(=O)NCCOCCOCCN(CCOCCOCCNC(=O)c2cc(COC(C)=O)ccc2O[C@@H]2OC[C@@H](O)[C@H](O)[C@H]2O)C(=O)COCCOCCON)c1. The van der Waals surface area contributed by atoms with Crippen LogP contribution < -0.4 is 26.0 Å². The minimum atomic E-state index is -1.97. The second-order valence-corrected chi connectivity index (χ2v) is 17.3. The normalized spacial score (nSPS) is 21.9. The van der Waals surface area contributed by atoms with Gasteiger partial charge in [0.2, 0.25) is 18.5 Å². The maximum Gasteiger partial charge on any atom is 0.335 e. The first-order valence-electron chi connectivity index (χ1n) is 25.0. The van der Waals surface area contributed by atoms with E-state index in [0.29, 0.717) is 11.1 Å². The number of benzene rings is 2. The van der Waals surface area contributed by atoms with Crippen molar-refractivity contribution in [2.24, 2.45) is 5.90 Å². The average molecular weight is 1130 g/mol. The Morgan fingerprint density at radius 1 is 0.582 bits per heavy atom. The molecule has 11 N–H and O–H groups in total. The molecule has 2 saturated heterocycles. The number of nitrogens with two attached hydrogens (primary N) is 1. The maximum atomic E-state index is 13.4. The van der Waals surface area contributed by atoms with Crippen molar-refractivity contribution >= 4 is 35.6 Å². The van der Waals surface area contributed by atoms with Crippen molar-refractivity contribution in [3.05, 3.63) is 58.7 Å². The third-order valence-electron chi connectivity index (χ3n) is 11.3. The highest BCUT2D eigenvalue weighted by atomic mass is 16.7. The zero-order valence-electron chi connectivity index (χ0n) is 43.7. The summed E-state index contributed by atoms with van der Waals surface area (Å²) in [6.07, 6.45) is -15.5. The number of aliphatic hydroxyl groups excluding tert-OH is 6. The van der Waals surface area contributed by atoms with Crippen molar-refractivity contribution in [3.63, 3.8) is 0 Å². The van der Waals surface area contributed by atoms with Crippen LogP contribution in [0.5, 0.6) is 11.5 Å². The van der Waals surface area contributed by atoms with Gasteiger partial charge in [0.25, 0.3) is 11.8 Å². The number of hydrogen-bond donors (Lipinski definition) is 10. The molecule has 0 unspecified atom stereocenters. The molecule has 9 atom stereocenters.